The fourth-order valence-electron chi connectivity index (χ4n) is 2.70. The lowest BCUT2D eigenvalue weighted by Gasteiger charge is -2.34. The van der Waals surface area contributed by atoms with Crippen LogP contribution in [0.3, 0.4) is 0 Å². The molecule has 1 amide bonds. The van der Waals surface area contributed by atoms with Gasteiger partial charge >= 0.3 is 0 Å². The van der Waals surface area contributed by atoms with Gasteiger partial charge in [0.25, 0.3) is 5.91 Å². The lowest BCUT2D eigenvalue weighted by atomic mass is 10.2. The number of hydrogen-bond acceptors (Lipinski definition) is 3. The molecule has 1 aliphatic heterocycles. The minimum Gasteiger partial charge on any atom is -0.619 e. The number of carbonyl (C=O) groups excluding carboxylic acids is 1. The number of piperazine rings is 1. The Kier molecular flexibility index (Phi) is 4.79. The molecule has 0 spiro atoms. The number of rotatable bonds is 3. The van der Waals surface area contributed by atoms with E-state index in [4.69, 9.17) is 11.6 Å². The van der Waals surface area contributed by atoms with Crippen LogP contribution in [0.25, 0.3) is 0 Å². The molecular weight excluding hydrogens is 314 g/mol. The zero-order valence-electron chi connectivity index (χ0n) is 12.7. The maximum Gasteiger partial charge on any atom is 0.254 e. The Bertz CT molecular complexity index is 665. The summed E-state index contributed by atoms with van der Waals surface area (Å²) in [5.74, 6) is -0.0169. The second-order valence-electron chi connectivity index (χ2n) is 5.64. The smallest absolute Gasteiger partial charge is 0.254 e. The molecule has 1 fully saturated rings. The summed E-state index contributed by atoms with van der Waals surface area (Å²) in [5, 5.41) is 11.8. The highest BCUT2D eigenvalue weighted by Crippen LogP contribution is 2.14. The van der Waals surface area contributed by atoms with Crippen molar-refractivity contribution in [2.75, 3.05) is 26.2 Å². The fraction of sp³-hybridized carbons (Fsp3) is 0.294. The maximum atomic E-state index is 12.4. The molecule has 1 aliphatic rings. The molecule has 3 rings (SSSR count). The SMILES string of the molecule is O=C(c1cc[n+]([O-])cc1)N1CCN(Cc2ccc(Cl)cc2)CC1. The van der Waals surface area contributed by atoms with Gasteiger partial charge in [-0.2, -0.15) is 4.73 Å². The first kappa shape index (κ1) is 15.8. The van der Waals surface area contributed by atoms with Crippen LogP contribution in [0.5, 0.6) is 0 Å². The predicted molar refractivity (Wildman–Crippen MR) is 88.0 cm³/mol. The van der Waals surface area contributed by atoms with Gasteiger partial charge in [0.1, 0.15) is 0 Å². The van der Waals surface area contributed by atoms with Gasteiger partial charge in [0.05, 0.1) is 5.56 Å². The normalized spacial score (nSPS) is 15.6. The van der Waals surface area contributed by atoms with Crippen molar-refractivity contribution in [3.8, 4) is 0 Å². The van der Waals surface area contributed by atoms with Crippen LogP contribution in [0.2, 0.25) is 5.02 Å². The summed E-state index contributed by atoms with van der Waals surface area (Å²) in [6.07, 6.45) is 2.70. The van der Waals surface area contributed by atoms with E-state index in [1.165, 1.54) is 18.0 Å². The van der Waals surface area contributed by atoms with Gasteiger partial charge in [-0.1, -0.05) is 23.7 Å². The van der Waals surface area contributed by atoms with Crippen molar-refractivity contribution in [1.82, 2.24) is 9.80 Å². The summed E-state index contributed by atoms with van der Waals surface area (Å²) < 4.78 is 0.681. The molecule has 2 aromatic rings. The molecule has 2 heterocycles. The average Bonchev–Trinajstić information content (AvgIpc) is 2.58. The summed E-state index contributed by atoms with van der Waals surface area (Å²) in [4.78, 5) is 16.6. The van der Waals surface area contributed by atoms with Crippen LogP contribution in [-0.2, 0) is 6.54 Å². The molecule has 0 N–H and O–H groups in total. The molecule has 5 nitrogen and oxygen atoms in total. The molecule has 0 radical (unpaired) electrons. The van der Waals surface area contributed by atoms with E-state index in [1.807, 2.05) is 29.2 Å². The molecule has 1 aromatic heterocycles. The van der Waals surface area contributed by atoms with Gasteiger partial charge in [-0.15, -0.1) is 0 Å². The van der Waals surface area contributed by atoms with Gasteiger partial charge in [0, 0.05) is 49.9 Å². The number of nitrogens with zero attached hydrogens (tertiary/aromatic N) is 3. The Morgan fingerprint density at radius 1 is 1.04 bits per heavy atom. The molecule has 0 aliphatic carbocycles. The summed E-state index contributed by atoms with van der Waals surface area (Å²) in [6.45, 7) is 3.92. The third-order valence-electron chi connectivity index (χ3n) is 4.03. The number of pyridine rings is 1. The van der Waals surface area contributed by atoms with Crippen molar-refractivity contribution >= 4 is 17.5 Å². The number of amides is 1. The number of hydrogen-bond donors (Lipinski definition) is 0. The van der Waals surface area contributed by atoms with Gasteiger partial charge in [-0.05, 0) is 17.7 Å². The zero-order valence-corrected chi connectivity index (χ0v) is 13.4. The van der Waals surface area contributed by atoms with Crippen LogP contribution in [0, 0.1) is 5.21 Å². The van der Waals surface area contributed by atoms with E-state index in [2.05, 4.69) is 4.90 Å². The first-order chi connectivity index (χ1) is 11.1. The van der Waals surface area contributed by atoms with Crippen molar-refractivity contribution in [2.45, 2.75) is 6.54 Å². The Morgan fingerprint density at radius 3 is 2.26 bits per heavy atom. The lowest BCUT2D eigenvalue weighted by Crippen LogP contribution is -2.48. The van der Waals surface area contributed by atoms with E-state index in [0.717, 1.165) is 24.7 Å². The first-order valence-corrected chi connectivity index (χ1v) is 7.94. The number of halogens is 1. The van der Waals surface area contributed by atoms with Crippen LogP contribution >= 0.6 is 11.6 Å². The molecule has 120 valence electrons. The van der Waals surface area contributed by atoms with Crippen molar-refractivity contribution < 1.29 is 9.52 Å². The van der Waals surface area contributed by atoms with Gasteiger partial charge in [-0.25, -0.2) is 0 Å². The highest BCUT2D eigenvalue weighted by Gasteiger charge is 2.22. The lowest BCUT2D eigenvalue weighted by molar-refractivity contribution is -0.605. The average molecular weight is 332 g/mol. The van der Waals surface area contributed by atoms with Crippen LogP contribution < -0.4 is 4.73 Å². The van der Waals surface area contributed by atoms with Crippen LogP contribution in [0.1, 0.15) is 15.9 Å². The van der Waals surface area contributed by atoms with Gasteiger partial charge in [-0.3, -0.25) is 9.69 Å². The van der Waals surface area contributed by atoms with Gasteiger partial charge in [0.15, 0.2) is 12.4 Å². The summed E-state index contributed by atoms with van der Waals surface area (Å²) in [7, 11) is 0. The van der Waals surface area contributed by atoms with Crippen molar-refractivity contribution in [3.05, 3.63) is 70.1 Å². The molecule has 6 heteroatoms. The van der Waals surface area contributed by atoms with E-state index < -0.39 is 0 Å². The standard InChI is InChI=1S/C17H18ClN3O2/c18-16-3-1-14(2-4-16)13-19-9-11-20(12-10-19)17(22)15-5-7-21(23)8-6-15/h1-8H,9-13H2. The van der Waals surface area contributed by atoms with Crippen molar-refractivity contribution in [3.63, 3.8) is 0 Å². The van der Waals surface area contributed by atoms with Gasteiger partial charge < -0.3 is 10.1 Å². The summed E-state index contributed by atoms with van der Waals surface area (Å²) >= 11 is 5.90. The third-order valence-corrected chi connectivity index (χ3v) is 4.28. The van der Waals surface area contributed by atoms with E-state index in [9.17, 15) is 10.0 Å². The van der Waals surface area contributed by atoms with E-state index >= 15 is 0 Å². The second-order valence-corrected chi connectivity index (χ2v) is 6.08. The monoisotopic (exact) mass is 331 g/mol. The first-order valence-electron chi connectivity index (χ1n) is 7.57. The molecule has 1 aromatic carbocycles. The minimum absolute atomic E-state index is 0.0169. The Morgan fingerprint density at radius 2 is 1.65 bits per heavy atom. The zero-order chi connectivity index (χ0) is 16.2. The Balaban J connectivity index is 1.54. The topological polar surface area (TPSA) is 50.5 Å². The molecular formula is C17H18ClN3O2. The number of aromatic nitrogens is 1. The number of carbonyl (C=O) groups is 1. The quantitative estimate of drug-likeness (QED) is 0.638. The highest BCUT2D eigenvalue weighted by molar-refractivity contribution is 6.30. The van der Waals surface area contributed by atoms with Crippen LogP contribution in [-0.4, -0.2) is 41.9 Å². The van der Waals surface area contributed by atoms with E-state index in [-0.39, 0.29) is 5.91 Å². The summed E-state index contributed by atoms with van der Waals surface area (Å²) in [6, 6.07) is 11.0. The molecule has 1 saturated heterocycles. The molecule has 0 saturated carbocycles. The Hall–Kier alpha value is -2.11. The second kappa shape index (κ2) is 6.98. The van der Waals surface area contributed by atoms with E-state index in [0.29, 0.717) is 23.4 Å². The number of benzene rings is 1. The predicted octanol–water partition coefficient (Wildman–Crippen LogP) is 1.93. The molecule has 0 atom stereocenters. The molecule has 23 heavy (non-hydrogen) atoms. The minimum atomic E-state index is -0.0169. The van der Waals surface area contributed by atoms with Gasteiger partial charge in [0.2, 0.25) is 0 Å². The van der Waals surface area contributed by atoms with Crippen LogP contribution in [0.4, 0.5) is 0 Å². The molecule has 0 unspecified atom stereocenters. The largest absolute Gasteiger partial charge is 0.619 e. The van der Waals surface area contributed by atoms with Crippen LogP contribution in [0.15, 0.2) is 48.8 Å². The Labute approximate surface area is 140 Å². The maximum absolute atomic E-state index is 12.4. The summed E-state index contributed by atoms with van der Waals surface area (Å²) in [5.41, 5.74) is 1.78. The highest BCUT2D eigenvalue weighted by atomic mass is 35.5. The molecule has 0 bridgehead atoms. The van der Waals surface area contributed by atoms with E-state index in [1.54, 1.807) is 12.1 Å². The van der Waals surface area contributed by atoms with Crippen molar-refractivity contribution in [2.24, 2.45) is 0 Å². The van der Waals surface area contributed by atoms with Crippen molar-refractivity contribution in [1.29, 1.82) is 0 Å². The fourth-order valence-corrected chi connectivity index (χ4v) is 2.82. The third kappa shape index (κ3) is 4.00.